The number of hydrogen-bond acceptors (Lipinski definition) is 3. The van der Waals surface area contributed by atoms with Gasteiger partial charge < -0.3 is 14.6 Å². The van der Waals surface area contributed by atoms with E-state index >= 15 is 0 Å². The summed E-state index contributed by atoms with van der Waals surface area (Å²) in [6.07, 6.45) is 1.77. The van der Waals surface area contributed by atoms with Crippen molar-refractivity contribution in [3.05, 3.63) is 35.5 Å². The van der Waals surface area contributed by atoms with E-state index in [9.17, 15) is 9.59 Å². The van der Waals surface area contributed by atoms with Crippen LogP contribution in [-0.2, 0) is 20.7 Å². The van der Waals surface area contributed by atoms with Crippen LogP contribution >= 0.6 is 0 Å². The summed E-state index contributed by atoms with van der Waals surface area (Å²) in [5.41, 5.74) is 3.30. The number of methoxy groups -OCH3 is 1. The largest absolute Gasteiger partial charge is 0.467 e. The van der Waals surface area contributed by atoms with Crippen molar-refractivity contribution in [3.63, 3.8) is 0 Å². The van der Waals surface area contributed by atoms with Gasteiger partial charge in [0.1, 0.15) is 6.04 Å². The standard InChI is InChI=1S/C16H16N2O3/c1-21-16(20)13-8-10-9-4-2-3-5-11(9)17-15(10)12-6-7-14(19)18(12)13/h2-5,12-13,17H,6-8H2,1H3/t12-,13-/m1/s1. The van der Waals surface area contributed by atoms with Crippen LogP contribution in [0, 0.1) is 0 Å². The van der Waals surface area contributed by atoms with E-state index in [1.165, 1.54) is 7.11 Å². The maximum atomic E-state index is 12.2. The van der Waals surface area contributed by atoms with Crippen LogP contribution in [0.3, 0.4) is 0 Å². The Balaban J connectivity index is 1.90. The Kier molecular flexibility index (Phi) is 2.58. The van der Waals surface area contributed by atoms with Crippen molar-refractivity contribution in [3.8, 4) is 0 Å². The highest BCUT2D eigenvalue weighted by molar-refractivity contribution is 5.91. The van der Waals surface area contributed by atoms with Crippen molar-refractivity contribution in [2.24, 2.45) is 0 Å². The molecule has 2 aliphatic rings. The first-order chi connectivity index (χ1) is 10.2. The van der Waals surface area contributed by atoms with Gasteiger partial charge in [0.15, 0.2) is 0 Å². The number of carbonyl (C=O) groups excluding carboxylic acids is 2. The number of rotatable bonds is 1. The number of benzene rings is 1. The number of fused-ring (bicyclic) bond motifs is 5. The third kappa shape index (κ3) is 1.63. The number of esters is 1. The maximum Gasteiger partial charge on any atom is 0.328 e. The van der Waals surface area contributed by atoms with E-state index in [1.54, 1.807) is 4.90 Å². The molecule has 1 fully saturated rings. The van der Waals surface area contributed by atoms with Crippen molar-refractivity contribution in [1.29, 1.82) is 0 Å². The zero-order valence-electron chi connectivity index (χ0n) is 11.8. The zero-order valence-corrected chi connectivity index (χ0v) is 11.8. The minimum atomic E-state index is -0.498. The lowest BCUT2D eigenvalue weighted by molar-refractivity contribution is -0.153. The molecule has 108 valence electrons. The van der Waals surface area contributed by atoms with Gasteiger partial charge in [0.25, 0.3) is 0 Å². The molecule has 4 rings (SSSR count). The molecule has 21 heavy (non-hydrogen) atoms. The average molecular weight is 284 g/mol. The van der Waals surface area contributed by atoms with E-state index in [0.29, 0.717) is 12.8 Å². The van der Waals surface area contributed by atoms with Gasteiger partial charge in [-0.05, 0) is 18.1 Å². The molecule has 0 unspecified atom stereocenters. The van der Waals surface area contributed by atoms with Crippen molar-refractivity contribution in [1.82, 2.24) is 9.88 Å². The second kappa shape index (κ2) is 4.35. The molecule has 1 N–H and O–H groups in total. The molecule has 0 radical (unpaired) electrons. The lowest BCUT2D eigenvalue weighted by Gasteiger charge is -2.36. The predicted octanol–water partition coefficient (Wildman–Crippen LogP) is 1.93. The summed E-state index contributed by atoms with van der Waals surface area (Å²) in [6, 6.07) is 7.54. The summed E-state index contributed by atoms with van der Waals surface area (Å²) in [6.45, 7) is 0. The fraction of sp³-hybridized carbons (Fsp3) is 0.375. The predicted molar refractivity (Wildman–Crippen MR) is 76.6 cm³/mol. The molecule has 5 nitrogen and oxygen atoms in total. The van der Waals surface area contributed by atoms with Crippen molar-refractivity contribution in [2.45, 2.75) is 31.3 Å². The normalized spacial score (nSPS) is 24.0. The molecule has 1 amide bonds. The number of ether oxygens (including phenoxy) is 1. The number of aromatic nitrogens is 1. The van der Waals surface area contributed by atoms with Gasteiger partial charge in [-0.2, -0.15) is 0 Å². The van der Waals surface area contributed by atoms with Gasteiger partial charge in [-0.25, -0.2) is 4.79 Å². The van der Waals surface area contributed by atoms with E-state index in [-0.39, 0.29) is 17.9 Å². The minimum Gasteiger partial charge on any atom is -0.467 e. The molecule has 1 aromatic heterocycles. The van der Waals surface area contributed by atoms with Crippen LogP contribution in [0.25, 0.3) is 10.9 Å². The summed E-state index contributed by atoms with van der Waals surface area (Å²) >= 11 is 0. The number of hydrogen-bond donors (Lipinski definition) is 1. The van der Waals surface area contributed by atoms with E-state index < -0.39 is 6.04 Å². The Hall–Kier alpha value is -2.30. The van der Waals surface area contributed by atoms with E-state index in [4.69, 9.17) is 4.74 Å². The van der Waals surface area contributed by atoms with Gasteiger partial charge in [0.2, 0.25) is 5.91 Å². The van der Waals surface area contributed by atoms with Gasteiger partial charge in [0, 0.05) is 29.4 Å². The summed E-state index contributed by atoms with van der Waals surface area (Å²) < 4.78 is 4.91. The summed E-state index contributed by atoms with van der Waals surface area (Å²) in [7, 11) is 1.38. The SMILES string of the molecule is COC(=O)[C@H]1Cc2c([nH]c3ccccc23)[C@H]2CCC(=O)N12. The smallest absolute Gasteiger partial charge is 0.328 e. The maximum absolute atomic E-state index is 12.2. The molecule has 3 heterocycles. The molecule has 0 saturated carbocycles. The molecule has 2 aliphatic heterocycles. The molecule has 0 bridgehead atoms. The Labute approximate surface area is 121 Å². The lowest BCUT2D eigenvalue weighted by atomic mass is 9.92. The third-order valence-electron chi connectivity index (χ3n) is 4.64. The monoisotopic (exact) mass is 284 g/mol. The number of nitrogens with one attached hydrogen (secondary N) is 1. The number of para-hydroxylation sites is 1. The van der Waals surface area contributed by atoms with Crippen LogP contribution in [0.1, 0.15) is 30.1 Å². The Morgan fingerprint density at radius 2 is 2.19 bits per heavy atom. The first-order valence-corrected chi connectivity index (χ1v) is 7.19. The summed E-state index contributed by atoms with van der Waals surface area (Å²) in [4.78, 5) is 29.4. The van der Waals surface area contributed by atoms with Crippen molar-refractivity contribution in [2.75, 3.05) is 7.11 Å². The van der Waals surface area contributed by atoms with Crippen LogP contribution in [0.15, 0.2) is 24.3 Å². The van der Waals surface area contributed by atoms with E-state index in [1.807, 2.05) is 18.2 Å². The zero-order chi connectivity index (χ0) is 14.6. The Morgan fingerprint density at radius 3 is 3.00 bits per heavy atom. The number of H-pyrrole nitrogens is 1. The lowest BCUT2D eigenvalue weighted by Crippen LogP contribution is -2.48. The van der Waals surface area contributed by atoms with Gasteiger partial charge >= 0.3 is 5.97 Å². The Bertz CT molecular complexity index is 749. The number of aromatic amines is 1. The average Bonchev–Trinajstić information content (AvgIpc) is 3.07. The highest BCUT2D eigenvalue weighted by Crippen LogP contribution is 2.43. The molecule has 5 heteroatoms. The van der Waals surface area contributed by atoms with Crippen LogP contribution in [0.2, 0.25) is 0 Å². The first-order valence-electron chi connectivity index (χ1n) is 7.19. The number of nitrogens with zero attached hydrogens (tertiary/aromatic N) is 1. The minimum absolute atomic E-state index is 0.0299. The quantitative estimate of drug-likeness (QED) is 0.814. The van der Waals surface area contributed by atoms with E-state index in [0.717, 1.165) is 28.6 Å². The highest BCUT2D eigenvalue weighted by atomic mass is 16.5. The highest BCUT2D eigenvalue weighted by Gasteiger charge is 2.46. The molecule has 1 saturated heterocycles. The summed E-state index contributed by atoms with van der Waals surface area (Å²) in [5, 5.41) is 1.14. The van der Waals surface area contributed by atoms with Crippen LogP contribution in [0.4, 0.5) is 0 Å². The summed E-state index contributed by atoms with van der Waals surface area (Å²) in [5.74, 6) is -0.286. The second-order valence-corrected chi connectivity index (χ2v) is 5.66. The number of amides is 1. The fourth-order valence-corrected chi connectivity index (χ4v) is 3.73. The van der Waals surface area contributed by atoms with Crippen LogP contribution in [-0.4, -0.2) is 34.9 Å². The number of carbonyl (C=O) groups is 2. The van der Waals surface area contributed by atoms with Gasteiger partial charge in [-0.1, -0.05) is 18.2 Å². The van der Waals surface area contributed by atoms with E-state index in [2.05, 4.69) is 11.1 Å². The third-order valence-corrected chi connectivity index (χ3v) is 4.64. The first kappa shape index (κ1) is 12.4. The molecular weight excluding hydrogens is 268 g/mol. The molecule has 0 aliphatic carbocycles. The second-order valence-electron chi connectivity index (χ2n) is 5.66. The van der Waals surface area contributed by atoms with Gasteiger partial charge in [0.05, 0.1) is 13.2 Å². The molecule has 1 aromatic carbocycles. The van der Waals surface area contributed by atoms with Crippen LogP contribution < -0.4 is 0 Å². The Morgan fingerprint density at radius 1 is 1.38 bits per heavy atom. The molecule has 2 aromatic rings. The topological polar surface area (TPSA) is 62.4 Å². The molecule has 2 atom stereocenters. The van der Waals surface area contributed by atoms with Gasteiger partial charge in [-0.15, -0.1) is 0 Å². The van der Waals surface area contributed by atoms with Gasteiger partial charge in [-0.3, -0.25) is 4.79 Å². The van der Waals surface area contributed by atoms with Crippen LogP contribution in [0.5, 0.6) is 0 Å². The van der Waals surface area contributed by atoms with Crippen molar-refractivity contribution >= 4 is 22.8 Å². The van der Waals surface area contributed by atoms with Crippen molar-refractivity contribution < 1.29 is 14.3 Å². The fourth-order valence-electron chi connectivity index (χ4n) is 3.73. The molecular formula is C16H16N2O3. The molecule has 0 spiro atoms.